The second-order valence-corrected chi connectivity index (χ2v) is 4.32. The summed E-state index contributed by atoms with van der Waals surface area (Å²) >= 11 is 0. The highest BCUT2D eigenvalue weighted by Gasteiger charge is 2.12. The largest absolute Gasteiger partial charge is 0.384 e. The van der Waals surface area contributed by atoms with Crippen LogP contribution in [0.5, 0.6) is 0 Å². The van der Waals surface area contributed by atoms with E-state index in [0.29, 0.717) is 11.1 Å². The van der Waals surface area contributed by atoms with Crippen molar-refractivity contribution in [3.63, 3.8) is 0 Å². The van der Waals surface area contributed by atoms with E-state index in [-0.39, 0.29) is 12.3 Å². The van der Waals surface area contributed by atoms with Gasteiger partial charge in [0.05, 0.1) is 17.4 Å². The summed E-state index contributed by atoms with van der Waals surface area (Å²) in [6.45, 7) is 1.57. The number of nitrogens with zero attached hydrogens (tertiary/aromatic N) is 1. The van der Waals surface area contributed by atoms with Gasteiger partial charge in [0.25, 0.3) is 5.91 Å². The molecule has 5 heteroatoms. The minimum atomic E-state index is -0.610. The summed E-state index contributed by atoms with van der Waals surface area (Å²) < 4.78 is 13.5. The average molecular weight is 284 g/mol. The van der Waals surface area contributed by atoms with E-state index < -0.39 is 11.7 Å². The van der Waals surface area contributed by atoms with Crippen LogP contribution in [-0.4, -0.2) is 22.6 Å². The van der Waals surface area contributed by atoms with Gasteiger partial charge < -0.3 is 10.4 Å². The van der Waals surface area contributed by atoms with Crippen molar-refractivity contribution in [1.82, 2.24) is 4.98 Å². The molecule has 0 radical (unpaired) electrons. The first-order chi connectivity index (χ1) is 10.1. The van der Waals surface area contributed by atoms with E-state index in [1.807, 2.05) is 6.92 Å². The number of aliphatic hydroxyl groups excluding tert-OH is 1. The first kappa shape index (κ1) is 14.7. The Bertz CT molecular complexity index is 733. The maximum absolute atomic E-state index is 13.5. The first-order valence-electron chi connectivity index (χ1n) is 6.23. The van der Waals surface area contributed by atoms with Crippen molar-refractivity contribution in [3.05, 3.63) is 59.2 Å². The molecule has 21 heavy (non-hydrogen) atoms. The van der Waals surface area contributed by atoms with Crippen molar-refractivity contribution in [2.24, 2.45) is 0 Å². The molecule has 0 unspecified atom stereocenters. The molecule has 0 aliphatic carbocycles. The predicted octanol–water partition coefficient (Wildman–Crippen LogP) is 2.13. The number of pyridine rings is 1. The zero-order valence-corrected chi connectivity index (χ0v) is 11.4. The number of anilines is 1. The molecule has 2 rings (SSSR count). The minimum Gasteiger partial charge on any atom is -0.384 e. The lowest BCUT2D eigenvalue weighted by molar-refractivity contribution is 0.102. The van der Waals surface area contributed by atoms with E-state index in [2.05, 4.69) is 22.1 Å². The van der Waals surface area contributed by atoms with Gasteiger partial charge in [0.2, 0.25) is 0 Å². The van der Waals surface area contributed by atoms with Crippen LogP contribution in [0.4, 0.5) is 10.1 Å². The zero-order valence-electron chi connectivity index (χ0n) is 11.4. The van der Waals surface area contributed by atoms with Gasteiger partial charge in [0.1, 0.15) is 6.61 Å². The molecular formula is C16H13FN2O2. The molecule has 1 aromatic carbocycles. The van der Waals surface area contributed by atoms with Crippen LogP contribution in [0.2, 0.25) is 0 Å². The lowest BCUT2D eigenvalue weighted by Gasteiger charge is -2.08. The summed E-state index contributed by atoms with van der Waals surface area (Å²) in [6.07, 6.45) is 2.41. The molecular weight excluding hydrogens is 271 g/mol. The smallest absolute Gasteiger partial charge is 0.257 e. The second-order valence-electron chi connectivity index (χ2n) is 4.32. The Balaban J connectivity index is 2.33. The summed E-state index contributed by atoms with van der Waals surface area (Å²) in [5.41, 5.74) is 1.79. The Hall–Kier alpha value is -2.71. The van der Waals surface area contributed by atoms with Gasteiger partial charge in [-0.25, -0.2) is 4.39 Å². The number of amides is 1. The standard InChI is InChI=1S/C16H13FN2O2/c1-11-4-5-13(12(9-11)3-2-8-20)16(21)19-15-6-7-18-10-14(15)17/h4-7,9-10,20H,8H2,1H3,(H,18,19,21). The fourth-order valence-corrected chi connectivity index (χ4v) is 1.76. The maximum atomic E-state index is 13.5. The van der Waals surface area contributed by atoms with Gasteiger partial charge in [0, 0.05) is 11.8 Å². The molecule has 0 spiro atoms. The molecule has 1 heterocycles. The van der Waals surface area contributed by atoms with E-state index in [4.69, 9.17) is 5.11 Å². The SMILES string of the molecule is Cc1ccc(C(=O)Nc2ccncc2F)c(C#CCO)c1. The molecule has 0 fully saturated rings. The third kappa shape index (κ3) is 3.65. The molecule has 0 saturated heterocycles. The number of aromatic nitrogens is 1. The number of hydrogen-bond acceptors (Lipinski definition) is 3. The Morgan fingerprint density at radius 2 is 2.24 bits per heavy atom. The Labute approximate surface area is 121 Å². The van der Waals surface area contributed by atoms with Crippen molar-refractivity contribution >= 4 is 11.6 Å². The van der Waals surface area contributed by atoms with E-state index in [1.165, 1.54) is 12.3 Å². The van der Waals surface area contributed by atoms with Crippen molar-refractivity contribution in [3.8, 4) is 11.8 Å². The summed E-state index contributed by atoms with van der Waals surface area (Å²) in [4.78, 5) is 15.9. The average Bonchev–Trinajstić information content (AvgIpc) is 2.47. The van der Waals surface area contributed by atoms with Crippen molar-refractivity contribution in [2.75, 3.05) is 11.9 Å². The Morgan fingerprint density at radius 3 is 2.95 bits per heavy atom. The van der Waals surface area contributed by atoms with Crippen molar-refractivity contribution in [1.29, 1.82) is 0 Å². The molecule has 0 aliphatic heterocycles. The van der Waals surface area contributed by atoms with Crippen LogP contribution in [0, 0.1) is 24.6 Å². The molecule has 2 N–H and O–H groups in total. The van der Waals surface area contributed by atoms with Crippen LogP contribution in [-0.2, 0) is 0 Å². The third-order valence-corrected chi connectivity index (χ3v) is 2.74. The fraction of sp³-hybridized carbons (Fsp3) is 0.125. The highest BCUT2D eigenvalue weighted by molar-refractivity contribution is 6.06. The number of benzene rings is 1. The number of nitrogens with one attached hydrogen (secondary N) is 1. The van der Waals surface area contributed by atoms with E-state index >= 15 is 0 Å². The monoisotopic (exact) mass is 284 g/mol. The van der Waals surface area contributed by atoms with Crippen LogP contribution in [0.3, 0.4) is 0 Å². The lowest BCUT2D eigenvalue weighted by atomic mass is 10.0. The van der Waals surface area contributed by atoms with Gasteiger partial charge in [-0.15, -0.1) is 0 Å². The number of carbonyl (C=O) groups excluding carboxylic acids is 1. The number of halogens is 1. The van der Waals surface area contributed by atoms with Crippen molar-refractivity contribution in [2.45, 2.75) is 6.92 Å². The molecule has 4 nitrogen and oxygen atoms in total. The van der Waals surface area contributed by atoms with Gasteiger partial charge in [-0.05, 0) is 30.7 Å². The number of aryl methyl sites for hydroxylation is 1. The summed E-state index contributed by atoms with van der Waals surface area (Å²) in [6, 6.07) is 6.49. The number of rotatable bonds is 2. The highest BCUT2D eigenvalue weighted by atomic mass is 19.1. The zero-order chi connectivity index (χ0) is 15.2. The first-order valence-corrected chi connectivity index (χ1v) is 6.23. The maximum Gasteiger partial charge on any atom is 0.257 e. The Kier molecular flexibility index (Phi) is 4.64. The van der Waals surface area contributed by atoms with Gasteiger partial charge >= 0.3 is 0 Å². The molecule has 0 aliphatic rings. The summed E-state index contributed by atoms with van der Waals surface area (Å²) in [7, 11) is 0. The van der Waals surface area contributed by atoms with Crippen molar-refractivity contribution < 1.29 is 14.3 Å². The highest BCUT2D eigenvalue weighted by Crippen LogP contribution is 2.16. The molecule has 1 aromatic heterocycles. The normalized spacial score (nSPS) is 9.67. The second kappa shape index (κ2) is 6.64. The number of hydrogen-bond donors (Lipinski definition) is 2. The van der Waals surface area contributed by atoms with E-state index in [9.17, 15) is 9.18 Å². The van der Waals surface area contributed by atoms with Gasteiger partial charge in [-0.1, -0.05) is 17.9 Å². The Morgan fingerprint density at radius 1 is 1.43 bits per heavy atom. The molecule has 0 saturated carbocycles. The van der Waals surface area contributed by atoms with Crippen LogP contribution < -0.4 is 5.32 Å². The molecule has 0 bridgehead atoms. The van der Waals surface area contributed by atoms with Crippen LogP contribution >= 0.6 is 0 Å². The van der Waals surface area contributed by atoms with Crippen LogP contribution in [0.1, 0.15) is 21.5 Å². The minimum absolute atomic E-state index is 0.0524. The fourth-order valence-electron chi connectivity index (χ4n) is 1.76. The van der Waals surface area contributed by atoms with Gasteiger partial charge in [-0.2, -0.15) is 0 Å². The van der Waals surface area contributed by atoms with E-state index in [1.54, 1.807) is 18.2 Å². The molecule has 0 atom stereocenters. The topological polar surface area (TPSA) is 62.2 Å². The number of carbonyl (C=O) groups is 1. The van der Waals surface area contributed by atoms with Crippen LogP contribution in [0.15, 0.2) is 36.7 Å². The lowest BCUT2D eigenvalue weighted by Crippen LogP contribution is -2.14. The molecule has 1 amide bonds. The molecule has 106 valence electrons. The van der Waals surface area contributed by atoms with Gasteiger partial charge in [-0.3, -0.25) is 9.78 Å². The molecule has 2 aromatic rings. The quantitative estimate of drug-likeness (QED) is 0.830. The third-order valence-electron chi connectivity index (χ3n) is 2.74. The number of aliphatic hydroxyl groups is 1. The summed E-state index contributed by atoms with van der Waals surface area (Å²) in [5, 5.41) is 11.2. The predicted molar refractivity (Wildman–Crippen MR) is 77.3 cm³/mol. The van der Waals surface area contributed by atoms with E-state index in [0.717, 1.165) is 11.8 Å². The summed E-state index contributed by atoms with van der Waals surface area (Å²) in [5.74, 6) is 4.14. The van der Waals surface area contributed by atoms with Gasteiger partial charge in [0.15, 0.2) is 5.82 Å². The van der Waals surface area contributed by atoms with Crippen LogP contribution in [0.25, 0.3) is 0 Å².